The Morgan fingerprint density at radius 1 is 0.967 bits per heavy atom. The molecule has 0 aliphatic rings. The van der Waals surface area contributed by atoms with Gasteiger partial charge in [0, 0.05) is 6.07 Å². The molecule has 0 aliphatic heterocycles. The van der Waals surface area contributed by atoms with Crippen LogP contribution in [-0.4, -0.2) is 17.9 Å². The molecule has 0 saturated carbocycles. The summed E-state index contributed by atoms with van der Waals surface area (Å²) in [6.45, 7) is 0.454. The highest BCUT2D eigenvalue weighted by molar-refractivity contribution is 5.65. The number of alkyl halides is 3. The number of halogens is 4. The van der Waals surface area contributed by atoms with Gasteiger partial charge >= 0.3 is 6.18 Å². The van der Waals surface area contributed by atoms with Gasteiger partial charge in [0.15, 0.2) is 0 Å². The number of anilines is 2. The number of hydrogen-bond donors (Lipinski definition) is 2. The highest BCUT2D eigenvalue weighted by atomic mass is 19.4. The fourth-order valence-electron chi connectivity index (χ4n) is 2.98. The minimum Gasteiger partial charge on any atom is -0.490 e. The summed E-state index contributed by atoms with van der Waals surface area (Å²) in [6, 6.07) is 17.3. The first-order chi connectivity index (χ1) is 14.1. The SMILES string of the molecule is Cc1cc(C(O)(COc2cccc(F)c2)C(F)(F)F)ccc1N(N)c1ccccc1. The molecule has 0 aliphatic carbocycles. The Balaban J connectivity index is 1.91. The first kappa shape index (κ1) is 21.6. The Morgan fingerprint density at radius 2 is 1.67 bits per heavy atom. The summed E-state index contributed by atoms with van der Waals surface area (Å²) in [5, 5.41) is 11.9. The Hall–Kier alpha value is -3.10. The van der Waals surface area contributed by atoms with E-state index < -0.39 is 29.8 Å². The Kier molecular flexibility index (Phi) is 6.00. The number of nitrogens with zero attached hydrogens (tertiary/aromatic N) is 1. The van der Waals surface area contributed by atoms with Crippen molar-refractivity contribution in [1.29, 1.82) is 0 Å². The van der Waals surface area contributed by atoms with Crippen LogP contribution in [-0.2, 0) is 5.60 Å². The van der Waals surface area contributed by atoms with E-state index in [1.165, 1.54) is 29.3 Å². The van der Waals surface area contributed by atoms with Crippen molar-refractivity contribution >= 4 is 11.4 Å². The van der Waals surface area contributed by atoms with Gasteiger partial charge in [0.2, 0.25) is 5.60 Å². The Labute approximate surface area is 171 Å². The molecule has 30 heavy (non-hydrogen) atoms. The molecule has 4 nitrogen and oxygen atoms in total. The molecule has 3 aromatic rings. The van der Waals surface area contributed by atoms with E-state index in [4.69, 9.17) is 10.6 Å². The second-order valence-corrected chi connectivity index (χ2v) is 6.81. The van der Waals surface area contributed by atoms with Crippen molar-refractivity contribution in [1.82, 2.24) is 0 Å². The van der Waals surface area contributed by atoms with Crippen molar-refractivity contribution in [2.24, 2.45) is 5.84 Å². The van der Waals surface area contributed by atoms with Gasteiger partial charge < -0.3 is 9.84 Å². The lowest BCUT2D eigenvalue weighted by molar-refractivity contribution is -0.275. The summed E-state index contributed by atoms with van der Waals surface area (Å²) in [4.78, 5) is 0. The maximum Gasteiger partial charge on any atom is 0.424 e. The zero-order chi connectivity index (χ0) is 21.9. The first-order valence-electron chi connectivity index (χ1n) is 9.00. The number of hydrazine groups is 1. The van der Waals surface area contributed by atoms with Crippen LogP contribution >= 0.6 is 0 Å². The molecule has 0 radical (unpaired) electrons. The molecule has 1 atom stereocenters. The van der Waals surface area contributed by atoms with Gasteiger partial charge in [-0.15, -0.1) is 0 Å². The Bertz CT molecular complexity index is 1010. The molecule has 3 aromatic carbocycles. The number of ether oxygens (including phenoxy) is 1. The fourth-order valence-corrected chi connectivity index (χ4v) is 2.98. The highest BCUT2D eigenvalue weighted by Crippen LogP contribution is 2.41. The lowest BCUT2D eigenvalue weighted by Gasteiger charge is -2.32. The molecule has 0 heterocycles. The molecule has 0 saturated heterocycles. The standard InChI is InChI=1S/C22H20F4N2O2/c1-15-12-16(10-11-20(15)28(27)18-7-3-2-4-8-18)21(29,22(24,25)26)14-30-19-9-5-6-17(23)13-19/h2-13,29H,14,27H2,1H3. The van der Waals surface area contributed by atoms with Crippen molar-refractivity contribution in [3.63, 3.8) is 0 Å². The predicted molar refractivity (Wildman–Crippen MR) is 106 cm³/mol. The third-order valence-corrected chi connectivity index (χ3v) is 4.68. The molecule has 0 spiro atoms. The zero-order valence-corrected chi connectivity index (χ0v) is 16.0. The minimum atomic E-state index is -5.03. The molecular weight excluding hydrogens is 400 g/mol. The molecular formula is C22H20F4N2O2. The number of aryl methyl sites for hydroxylation is 1. The van der Waals surface area contributed by atoms with E-state index in [2.05, 4.69) is 0 Å². The van der Waals surface area contributed by atoms with Crippen molar-refractivity contribution in [3.8, 4) is 5.75 Å². The predicted octanol–water partition coefficient (Wildman–Crippen LogP) is 4.97. The fraction of sp³-hybridized carbons (Fsp3) is 0.182. The van der Waals surface area contributed by atoms with Crippen LogP contribution in [0, 0.1) is 12.7 Å². The molecule has 158 valence electrons. The summed E-state index contributed by atoms with van der Waals surface area (Å²) >= 11 is 0. The maximum atomic E-state index is 13.8. The number of hydrogen-bond acceptors (Lipinski definition) is 4. The van der Waals surface area contributed by atoms with Crippen LogP contribution < -0.4 is 15.6 Å². The molecule has 8 heteroatoms. The van der Waals surface area contributed by atoms with E-state index in [9.17, 15) is 22.7 Å². The maximum absolute atomic E-state index is 13.8. The van der Waals surface area contributed by atoms with Crippen LogP contribution in [0.3, 0.4) is 0 Å². The minimum absolute atomic E-state index is 0.122. The number of benzene rings is 3. The van der Waals surface area contributed by atoms with Crippen LogP contribution in [0.1, 0.15) is 11.1 Å². The van der Waals surface area contributed by atoms with E-state index in [-0.39, 0.29) is 5.75 Å². The van der Waals surface area contributed by atoms with E-state index in [1.54, 1.807) is 31.2 Å². The quantitative estimate of drug-likeness (QED) is 0.336. The van der Waals surface area contributed by atoms with E-state index in [0.717, 1.165) is 18.2 Å². The summed E-state index contributed by atoms with van der Waals surface area (Å²) in [5.41, 5.74) is -2.16. The summed E-state index contributed by atoms with van der Waals surface area (Å²) in [7, 11) is 0. The average Bonchev–Trinajstić information content (AvgIpc) is 2.71. The van der Waals surface area contributed by atoms with Crippen molar-refractivity contribution in [3.05, 3.63) is 89.7 Å². The Morgan fingerprint density at radius 3 is 2.27 bits per heavy atom. The van der Waals surface area contributed by atoms with Gasteiger partial charge in [-0.05, 0) is 48.4 Å². The van der Waals surface area contributed by atoms with Crippen molar-refractivity contribution in [2.45, 2.75) is 18.7 Å². The van der Waals surface area contributed by atoms with Crippen LogP contribution in [0.2, 0.25) is 0 Å². The second-order valence-electron chi connectivity index (χ2n) is 6.81. The van der Waals surface area contributed by atoms with E-state index in [0.29, 0.717) is 16.9 Å². The van der Waals surface area contributed by atoms with Crippen molar-refractivity contribution < 1.29 is 27.4 Å². The summed E-state index contributed by atoms with van der Waals surface area (Å²) < 4.78 is 59.7. The molecule has 3 N–H and O–H groups in total. The van der Waals surface area contributed by atoms with Gasteiger partial charge in [0.1, 0.15) is 18.2 Å². The third kappa shape index (κ3) is 4.39. The first-order valence-corrected chi connectivity index (χ1v) is 9.00. The normalized spacial score (nSPS) is 13.6. The lowest BCUT2D eigenvalue weighted by atomic mass is 9.92. The third-order valence-electron chi connectivity index (χ3n) is 4.68. The molecule has 1 unspecified atom stereocenters. The van der Waals surface area contributed by atoms with E-state index >= 15 is 0 Å². The zero-order valence-electron chi connectivity index (χ0n) is 16.0. The largest absolute Gasteiger partial charge is 0.490 e. The topological polar surface area (TPSA) is 58.7 Å². The molecule has 0 fully saturated rings. The number of para-hydroxylation sites is 1. The van der Waals surface area contributed by atoms with Gasteiger partial charge in [-0.25, -0.2) is 10.2 Å². The number of rotatable bonds is 6. The smallest absolute Gasteiger partial charge is 0.424 e. The van der Waals surface area contributed by atoms with E-state index in [1.807, 2.05) is 6.07 Å². The van der Waals surface area contributed by atoms with Gasteiger partial charge in [-0.2, -0.15) is 13.2 Å². The average molecular weight is 420 g/mol. The van der Waals surface area contributed by atoms with Crippen LogP contribution in [0.25, 0.3) is 0 Å². The molecule has 0 bridgehead atoms. The summed E-state index contributed by atoms with van der Waals surface area (Å²) in [5.74, 6) is 5.32. The number of aliphatic hydroxyl groups is 1. The number of nitrogens with two attached hydrogens (primary N) is 1. The molecule has 3 rings (SSSR count). The summed E-state index contributed by atoms with van der Waals surface area (Å²) in [6.07, 6.45) is -5.03. The molecule has 0 amide bonds. The van der Waals surface area contributed by atoms with Crippen LogP contribution in [0.4, 0.5) is 28.9 Å². The van der Waals surface area contributed by atoms with Crippen LogP contribution in [0.5, 0.6) is 5.75 Å². The van der Waals surface area contributed by atoms with Crippen molar-refractivity contribution in [2.75, 3.05) is 11.6 Å². The second kappa shape index (κ2) is 8.33. The van der Waals surface area contributed by atoms with Gasteiger partial charge in [-0.3, -0.25) is 5.01 Å². The molecule has 0 aromatic heterocycles. The monoisotopic (exact) mass is 420 g/mol. The van der Waals surface area contributed by atoms with Gasteiger partial charge in [-0.1, -0.05) is 36.4 Å². The van der Waals surface area contributed by atoms with Gasteiger partial charge in [0.25, 0.3) is 0 Å². The van der Waals surface area contributed by atoms with Gasteiger partial charge in [0.05, 0.1) is 11.4 Å². The lowest BCUT2D eigenvalue weighted by Crippen LogP contribution is -2.47. The van der Waals surface area contributed by atoms with Crippen LogP contribution in [0.15, 0.2) is 72.8 Å². The highest BCUT2D eigenvalue weighted by Gasteiger charge is 2.56.